The molecule has 174 valence electrons. The molecule has 1 spiro atoms. The Morgan fingerprint density at radius 3 is 2.03 bits per heavy atom. The average molecular weight is 577 g/mol. The molecule has 7 heteroatoms. The van der Waals surface area contributed by atoms with Crippen molar-refractivity contribution >= 4 is 51.7 Å². The first-order valence-electron chi connectivity index (χ1n) is 11.3. The summed E-state index contributed by atoms with van der Waals surface area (Å²) in [6.45, 7) is 3.86. The van der Waals surface area contributed by atoms with E-state index < -0.39 is 46.9 Å². The number of carbonyl (C=O) groups excluding carboxylic acids is 4. The van der Waals surface area contributed by atoms with Crippen molar-refractivity contribution in [2.24, 2.45) is 11.8 Å². The van der Waals surface area contributed by atoms with Crippen LogP contribution in [0.1, 0.15) is 43.5 Å². The van der Waals surface area contributed by atoms with Gasteiger partial charge in [0.05, 0.1) is 23.6 Å². The fourth-order valence-electron chi connectivity index (χ4n) is 5.59. The van der Waals surface area contributed by atoms with Crippen LogP contribution in [0.2, 0.25) is 0 Å². The molecule has 0 radical (unpaired) electrons. The van der Waals surface area contributed by atoms with Gasteiger partial charge in [-0.05, 0) is 77.4 Å². The Bertz CT molecular complexity index is 1430. The minimum Gasteiger partial charge on any atom is -0.349 e. The summed E-state index contributed by atoms with van der Waals surface area (Å²) in [4.78, 5) is 56.5. The van der Waals surface area contributed by atoms with Crippen molar-refractivity contribution in [1.29, 1.82) is 0 Å². The van der Waals surface area contributed by atoms with Crippen LogP contribution in [0.5, 0.6) is 0 Å². The average Bonchev–Trinajstić information content (AvgIpc) is 3.41. The second-order valence-electron chi connectivity index (χ2n) is 9.31. The van der Waals surface area contributed by atoms with Crippen LogP contribution in [0.15, 0.2) is 66.7 Å². The van der Waals surface area contributed by atoms with Gasteiger partial charge in [-0.15, -0.1) is 0 Å². The molecule has 3 aliphatic rings. The topological polar surface area (TPSA) is 80.8 Å². The van der Waals surface area contributed by atoms with E-state index in [-0.39, 0.29) is 11.1 Å². The minimum absolute atomic E-state index is 0.226. The number of hydrogen-bond donors (Lipinski definition) is 0. The minimum atomic E-state index is -2.05. The molecule has 2 heterocycles. The Labute approximate surface area is 215 Å². The van der Waals surface area contributed by atoms with Crippen LogP contribution in [0.25, 0.3) is 0 Å². The first-order valence-corrected chi connectivity index (χ1v) is 12.4. The van der Waals surface area contributed by atoms with E-state index in [0.29, 0.717) is 11.3 Å². The highest BCUT2D eigenvalue weighted by Gasteiger charge is 2.74. The molecule has 6 rings (SSSR count). The van der Waals surface area contributed by atoms with E-state index in [1.54, 1.807) is 36.4 Å². The highest BCUT2D eigenvalue weighted by molar-refractivity contribution is 14.1. The van der Waals surface area contributed by atoms with Crippen molar-refractivity contribution in [2.75, 3.05) is 4.90 Å². The molecule has 0 bridgehead atoms. The normalized spacial score (nSPS) is 24.4. The van der Waals surface area contributed by atoms with Crippen LogP contribution < -0.4 is 4.90 Å². The summed E-state index contributed by atoms with van der Waals surface area (Å²) < 4.78 is 7.30. The van der Waals surface area contributed by atoms with Crippen LogP contribution >= 0.6 is 22.6 Å². The molecule has 2 aliphatic heterocycles. The molecular formula is C28H20INO5. The number of rotatable bonds is 2. The number of imide groups is 1. The largest absolute Gasteiger partial charge is 0.349 e. The highest BCUT2D eigenvalue weighted by Crippen LogP contribution is 2.57. The number of carbonyl (C=O) groups is 4. The molecule has 1 aliphatic carbocycles. The number of Topliss-reactive ketones (excluding diaryl/α,β-unsaturated/α-hetero) is 2. The fraction of sp³-hybridized carbons (Fsp3) is 0.214. The van der Waals surface area contributed by atoms with E-state index in [1.807, 2.05) is 44.2 Å². The lowest BCUT2D eigenvalue weighted by Gasteiger charge is -2.27. The van der Waals surface area contributed by atoms with Crippen LogP contribution in [0.4, 0.5) is 5.69 Å². The van der Waals surface area contributed by atoms with Gasteiger partial charge in [0.15, 0.2) is 0 Å². The van der Waals surface area contributed by atoms with Crippen LogP contribution in [0, 0.1) is 29.3 Å². The van der Waals surface area contributed by atoms with Crippen LogP contribution in [-0.2, 0) is 14.3 Å². The number of nitrogens with zero attached hydrogens (tertiary/aromatic N) is 1. The van der Waals surface area contributed by atoms with E-state index in [1.165, 1.54) is 0 Å². The van der Waals surface area contributed by atoms with Gasteiger partial charge in [-0.25, -0.2) is 4.90 Å². The van der Waals surface area contributed by atoms with E-state index in [9.17, 15) is 19.2 Å². The quantitative estimate of drug-likeness (QED) is 0.253. The smallest absolute Gasteiger partial charge is 0.241 e. The number of anilines is 1. The first-order chi connectivity index (χ1) is 16.8. The van der Waals surface area contributed by atoms with Crippen LogP contribution in [-0.4, -0.2) is 29.0 Å². The number of fused-ring (bicyclic) bond motifs is 3. The highest BCUT2D eigenvalue weighted by atomic mass is 127. The van der Waals surface area contributed by atoms with Gasteiger partial charge in [-0.3, -0.25) is 19.2 Å². The first kappa shape index (κ1) is 22.3. The molecule has 2 saturated heterocycles. The van der Waals surface area contributed by atoms with Gasteiger partial charge in [0.2, 0.25) is 29.0 Å². The number of benzene rings is 3. The molecule has 3 atom stereocenters. The van der Waals surface area contributed by atoms with E-state index in [4.69, 9.17) is 4.74 Å². The molecule has 0 aromatic heterocycles. The zero-order valence-electron chi connectivity index (χ0n) is 18.9. The Morgan fingerprint density at radius 1 is 0.800 bits per heavy atom. The Hall–Kier alpha value is -3.17. The molecular weight excluding hydrogens is 557 g/mol. The molecule has 0 N–H and O–H groups in total. The molecule has 35 heavy (non-hydrogen) atoms. The number of ketones is 2. The maximum atomic E-state index is 13.9. The van der Waals surface area contributed by atoms with E-state index in [0.717, 1.165) is 19.6 Å². The van der Waals surface area contributed by atoms with Gasteiger partial charge >= 0.3 is 0 Å². The summed E-state index contributed by atoms with van der Waals surface area (Å²) in [6, 6.07) is 19.2. The van der Waals surface area contributed by atoms with Gasteiger partial charge in [-0.2, -0.15) is 0 Å². The lowest BCUT2D eigenvalue weighted by atomic mass is 9.77. The van der Waals surface area contributed by atoms with Crippen molar-refractivity contribution in [3.8, 4) is 0 Å². The molecule has 6 nitrogen and oxygen atoms in total. The molecule has 2 fully saturated rings. The molecule has 2 amide bonds. The molecule has 3 aromatic carbocycles. The lowest BCUT2D eigenvalue weighted by Crippen LogP contribution is -2.51. The van der Waals surface area contributed by atoms with Crippen molar-refractivity contribution in [2.45, 2.75) is 25.6 Å². The summed E-state index contributed by atoms with van der Waals surface area (Å²) in [5, 5.41) is 0. The summed E-state index contributed by atoms with van der Waals surface area (Å²) in [5.41, 5.74) is 1.44. The second-order valence-corrected chi connectivity index (χ2v) is 10.6. The molecule has 3 aromatic rings. The third-order valence-corrected chi connectivity index (χ3v) is 8.19. The fourth-order valence-corrected chi connectivity index (χ4v) is 5.95. The number of hydrogen-bond acceptors (Lipinski definition) is 5. The second kappa shape index (κ2) is 7.66. The van der Waals surface area contributed by atoms with Crippen molar-refractivity contribution < 1.29 is 23.9 Å². The number of aryl methyl sites for hydroxylation is 2. The third kappa shape index (κ3) is 2.91. The van der Waals surface area contributed by atoms with Gasteiger partial charge < -0.3 is 4.74 Å². The zero-order chi connectivity index (χ0) is 24.6. The Balaban J connectivity index is 1.54. The number of ether oxygens (including phenoxy) is 1. The third-order valence-electron chi connectivity index (χ3n) is 7.47. The van der Waals surface area contributed by atoms with Crippen molar-refractivity contribution in [1.82, 2.24) is 0 Å². The van der Waals surface area contributed by atoms with Gasteiger partial charge in [0, 0.05) is 14.7 Å². The Morgan fingerprint density at radius 2 is 1.43 bits per heavy atom. The zero-order valence-corrected chi connectivity index (χ0v) is 21.1. The monoisotopic (exact) mass is 577 g/mol. The number of halogens is 1. The predicted molar refractivity (Wildman–Crippen MR) is 136 cm³/mol. The maximum Gasteiger partial charge on any atom is 0.241 e. The SMILES string of the molecule is Cc1ccc(N2C(=O)[C@@H]3[C@@H](c4ccc(I)cc4)OC4(C(=O)c5ccccc5C4=O)[C@@H]3C2=O)cc1C. The summed E-state index contributed by atoms with van der Waals surface area (Å²) in [5.74, 6) is -4.38. The summed E-state index contributed by atoms with van der Waals surface area (Å²) >= 11 is 2.17. The predicted octanol–water partition coefficient (Wildman–Crippen LogP) is 4.60. The lowest BCUT2D eigenvalue weighted by molar-refractivity contribution is -0.127. The summed E-state index contributed by atoms with van der Waals surface area (Å²) in [6.07, 6.45) is -0.910. The van der Waals surface area contributed by atoms with E-state index >= 15 is 0 Å². The van der Waals surface area contributed by atoms with Crippen LogP contribution in [0.3, 0.4) is 0 Å². The molecule has 0 saturated carbocycles. The van der Waals surface area contributed by atoms with Gasteiger partial charge in [0.25, 0.3) is 0 Å². The van der Waals surface area contributed by atoms with E-state index in [2.05, 4.69) is 22.6 Å². The maximum absolute atomic E-state index is 13.9. The molecule has 0 unspecified atom stereocenters. The van der Waals surface area contributed by atoms with Crippen molar-refractivity contribution in [3.63, 3.8) is 0 Å². The van der Waals surface area contributed by atoms with Gasteiger partial charge in [-0.1, -0.05) is 42.5 Å². The standard InChI is InChI=1S/C28H20INO5/c1-14-7-12-18(13-15(14)2)30-26(33)21-22(27(30)34)28(35-23(21)16-8-10-17(29)11-9-16)24(31)19-5-3-4-6-20(19)25(28)32/h3-13,21-23H,1-2H3/t21-,22-,23+/m0/s1. The van der Waals surface area contributed by atoms with Gasteiger partial charge in [0.1, 0.15) is 0 Å². The van der Waals surface area contributed by atoms with Crippen molar-refractivity contribution in [3.05, 3.63) is 98.1 Å². The summed E-state index contributed by atoms with van der Waals surface area (Å²) in [7, 11) is 0. The number of amides is 2. The Kier molecular flexibility index (Phi) is 4.88.